The summed E-state index contributed by atoms with van der Waals surface area (Å²) in [7, 11) is 0. The summed E-state index contributed by atoms with van der Waals surface area (Å²) >= 11 is 0. The number of hydrogen-bond acceptors (Lipinski definition) is 4. The van der Waals surface area contributed by atoms with Crippen LogP contribution in [-0.4, -0.2) is 25.2 Å². The minimum Gasteiger partial charge on any atom is -0.326 e. The fraction of sp³-hybridized carbons (Fsp3) is 1.00. The molecule has 4 nitrogen and oxygen atoms in total. The zero-order chi connectivity index (χ0) is 7.98. The van der Waals surface area contributed by atoms with E-state index in [1.807, 2.05) is 13.8 Å². The number of hydrogen-bond donors (Lipinski definition) is 2. The van der Waals surface area contributed by atoms with Crippen molar-refractivity contribution in [3.05, 3.63) is 0 Å². The molecule has 0 radical (unpaired) electrons. The van der Waals surface area contributed by atoms with Crippen molar-refractivity contribution in [3.8, 4) is 0 Å². The van der Waals surface area contributed by atoms with Gasteiger partial charge >= 0.3 is 0 Å². The van der Waals surface area contributed by atoms with Crippen LogP contribution in [0.1, 0.15) is 13.8 Å². The van der Waals surface area contributed by atoms with Crippen molar-refractivity contribution >= 4 is 24.8 Å². The maximum atomic E-state index is 5.42. The fourth-order valence-electron chi connectivity index (χ4n) is 0.373. The van der Waals surface area contributed by atoms with E-state index in [1.54, 1.807) is 0 Å². The van der Waals surface area contributed by atoms with E-state index in [0.29, 0.717) is 13.1 Å². The van der Waals surface area contributed by atoms with E-state index in [0.717, 1.165) is 0 Å². The van der Waals surface area contributed by atoms with Gasteiger partial charge in [-0.05, 0) is 13.8 Å². The largest absolute Gasteiger partial charge is 0.326 e. The highest BCUT2D eigenvalue weighted by Gasteiger charge is 1.90. The Bertz CT molecular complexity index is 93.7. The lowest BCUT2D eigenvalue weighted by molar-refractivity contribution is 0.672. The topological polar surface area (TPSA) is 76.8 Å². The molecule has 12 heavy (non-hydrogen) atoms. The second-order valence-electron chi connectivity index (χ2n) is 2.60. The molecule has 0 saturated carbocycles. The van der Waals surface area contributed by atoms with Crippen LogP contribution in [0.4, 0.5) is 0 Å². The van der Waals surface area contributed by atoms with Crippen molar-refractivity contribution in [2.75, 3.05) is 13.1 Å². The van der Waals surface area contributed by atoms with Crippen LogP contribution in [0, 0.1) is 0 Å². The van der Waals surface area contributed by atoms with E-state index in [9.17, 15) is 0 Å². The van der Waals surface area contributed by atoms with Crippen LogP contribution in [-0.2, 0) is 0 Å². The van der Waals surface area contributed by atoms with Crippen LogP contribution in [0.25, 0.3) is 0 Å². The first-order chi connectivity index (χ1) is 4.63. The molecule has 0 aliphatic carbocycles. The SMILES string of the molecule is CC(N)C/N=N/CC(C)N.Cl.Cl. The van der Waals surface area contributed by atoms with Crippen LogP contribution < -0.4 is 11.5 Å². The second-order valence-corrected chi connectivity index (χ2v) is 2.60. The summed E-state index contributed by atoms with van der Waals surface area (Å²) in [5.41, 5.74) is 10.8. The van der Waals surface area contributed by atoms with E-state index in [4.69, 9.17) is 11.5 Å². The first-order valence-corrected chi connectivity index (χ1v) is 3.47. The van der Waals surface area contributed by atoms with Gasteiger partial charge in [0.05, 0.1) is 13.1 Å². The summed E-state index contributed by atoms with van der Waals surface area (Å²) in [6.45, 7) is 4.97. The van der Waals surface area contributed by atoms with Crippen molar-refractivity contribution < 1.29 is 0 Å². The summed E-state index contributed by atoms with van der Waals surface area (Å²) in [5, 5.41) is 7.66. The lowest BCUT2D eigenvalue weighted by Gasteiger charge is -1.98. The van der Waals surface area contributed by atoms with Gasteiger partial charge in [-0.25, -0.2) is 0 Å². The molecule has 0 saturated heterocycles. The number of azo groups is 1. The van der Waals surface area contributed by atoms with Crippen molar-refractivity contribution in [1.29, 1.82) is 0 Å². The van der Waals surface area contributed by atoms with Gasteiger partial charge in [0.2, 0.25) is 0 Å². The van der Waals surface area contributed by atoms with E-state index in [1.165, 1.54) is 0 Å². The molecule has 0 heterocycles. The number of halogens is 2. The van der Waals surface area contributed by atoms with Crippen LogP contribution in [0.15, 0.2) is 10.2 Å². The Morgan fingerprint density at radius 3 is 1.33 bits per heavy atom. The Labute approximate surface area is 86.0 Å². The standard InChI is InChI=1S/C6H16N4.2ClH/c1-5(7)3-9-10-4-6(2)8;;/h5-6H,3-4,7-8H2,1-2H3;2*1H/b10-9+;;. The molecule has 0 aromatic carbocycles. The minimum atomic E-state index is 0. The van der Waals surface area contributed by atoms with Crippen molar-refractivity contribution in [2.24, 2.45) is 21.7 Å². The third kappa shape index (κ3) is 16.6. The lowest BCUT2D eigenvalue weighted by atomic mass is 10.4. The summed E-state index contributed by atoms with van der Waals surface area (Å²) in [4.78, 5) is 0. The number of nitrogens with zero attached hydrogens (tertiary/aromatic N) is 2. The van der Waals surface area contributed by atoms with E-state index < -0.39 is 0 Å². The monoisotopic (exact) mass is 216 g/mol. The van der Waals surface area contributed by atoms with Crippen molar-refractivity contribution in [1.82, 2.24) is 0 Å². The predicted molar refractivity (Wildman–Crippen MR) is 56.4 cm³/mol. The summed E-state index contributed by atoms with van der Waals surface area (Å²) in [6, 6.07) is 0.189. The molecule has 0 aliphatic heterocycles. The van der Waals surface area contributed by atoms with Crippen LogP contribution in [0.2, 0.25) is 0 Å². The van der Waals surface area contributed by atoms with Crippen molar-refractivity contribution in [3.63, 3.8) is 0 Å². The zero-order valence-electron chi connectivity index (χ0n) is 7.43. The third-order valence-electron chi connectivity index (χ3n) is 0.839. The van der Waals surface area contributed by atoms with Gasteiger partial charge in [-0.1, -0.05) is 0 Å². The highest BCUT2D eigenvalue weighted by atomic mass is 35.5. The average molecular weight is 217 g/mol. The van der Waals surface area contributed by atoms with Crippen LogP contribution in [0.5, 0.6) is 0 Å². The smallest absolute Gasteiger partial charge is 0.0747 e. The molecule has 76 valence electrons. The molecule has 4 N–H and O–H groups in total. The quantitative estimate of drug-likeness (QED) is 0.688. The predicted octanol–water partition coefficient (Wildman–Crippen LogP) is 0.977. The summed E-state index contributed by atoms with van der Waals surface area (Å²) in [5.74, 6) is 0. The molecule has 0 aromatic rings. The highest BCUT2D eigenvalue weighted by Crippen LogP contribution is 1.82. The molecular weight excluding hydrogens is 199 g/mol. The molecule has 0 bridgehead atoms. The van der Waals surface area contributed by atoms with Gasteiger partial charge in [-0.15, -0.1) is 24.8 Å². The Morgan fingerprint density at radius 2 is 1.17 bits per heavy atom. The van der Waals surface area contributed by atoms with E-state index in [-0.39, 0.29) is 36.9 Å². The Morgan fingerprint density at radius 1 is 0.917 bits per heavy atom. The Balaban J connectivity index is -0.000000405. The molecule has 0 spiro atoms. The Hall–Kier alpha value is 0.1000. The average Bonchev–Trinajstić information content (AvgIpc) is 1.79. The maximum Gasteiger partial charge on any atom is 0.0747 e. The molecule has 6 heteroatoms. The Kier molecular flexibility index (Phi) is 16.7. The van der Waals surface area contributed by atoms with E-state index in [2.05, 4.69) is 10.2 Å². The third-order valence-corrected chi connectivity index (χ3v) is 0.839. The van der Waals surface area contributed by atoms with Gasteiger partial charge in [0.1, 0.15) is 0 Å². The zero-order valence-corrected chi connectivity index (χ0v) is 9.07. The molecule has 0 fully saturated rings. The van der Waals surface area contributed by atoms with Gasteiger partial charge in [0, 0.05) is 12.1 Å². The number of nitrogens with two attached hydrogens (primary N) is 2. The first kappa shape index (κ1) is 18.0. The van der Waals surface area contributed by atoms with Gasteiger partial charge in [0.25, 0.3) is 0 Å². The molecule has 0 amide bonds. The maximum absolute atomic E-state index is 5.42. The molecule has 0 aromatic heterocycles. The van der Waals surface area contributed by atoms with E-state index >= 15 is 0 Å². The van der Waals surface area contributed by atoms with Crippen LogP contribution >= 0.6 is 24.8 Å². The molecular formula is C6H18Cl2N4. The van der Waals surface area contributed by atoms with Crippen LogP contribution in [0.3, 0.4) is 0 Å². The molecule has 0 rings (SSSR count). The van der Waals surface area contributed by atoms with Gasteiger partial charge in [0.15, 0.2) is 0 Å². The fourth-order valence-corrected chi connectivity index (χ4v) is 0.373. The van der Waals surface area contributed by atoms with Gasteiger partial charge in [-0.3, -0.25) is 0 Å². The normalized spacial score (nSPS) is 14.7. The van der Waals surface area contributed by atoms with Gasteiger partial charge in [-0.2, -0.15) is 10.2 Å². The highest BCUT2D eigenvalue weighted by molar-refractivity contribution is 5.85. The molecule has 2 unspecified atom stereocenters. The number of rotatable bonds is 4. The second kappa shape index (κ2) is 11.1. The minimum absolute atomic E-state index is 0. The molecule has 2 atom stereocenters. The summed E-state index contributed by atoms with van der Waals surface area (Å²) in [6.07, 6.45) is 0. The van der Waals surface area contributed by atoms with Gasteiger partial charge < -0.3 is 11.5 Å². The first-order valence-electron chi connectivity index (χ1n) is 3.47. The molecule has 0 aliphatic rings. The van der Waals surface area contributed by atoms with Crippen molar-refractivity contribution in [2.45, 2.75) is 25.9 Å². The summed E-state index contributed by atoms with van der Waals surface area (Å²) < 4.78 is 0. The lowest BCUT2D eigenvalue weighted by Crippen LogP contribution is -2.20.